The number of alkyl halides is 3. The summed E-state index contributed by atoms with van der Waals surface area (Å²) in [5.74, 6) is 0.717. The van der Waals surface area contributed by atoms with E-state index in [1.807, 2.05) is 0 Å². The van der Waals surface area contributed by atoms with E-state index in [0.29, 0.717) is 30.0 Å². The van der Waals surface area contributed by atoms with Crippen molar-refractivity contribution in [2.75, 3.05) is 11.9 Å². The number of anilines is 1. The van der Waals surface area contributed by atoms with Gasteiger partial charge in [0.25, 0.3) is 5.91 Å². The summed E-state index contributed by atoms with van der Waals surface area (Å²) in [6, 6.07) is 3.13. The average molecular weight is 430 g/mol. The van der Waals surface area contributed by atoms with E-state index in [2.05, 4.69) is 30.5 Å². The number of carbonyl (C=O) groups is 1. The number of hydrogen-bond donors (Lipinski definition) is 1. The number of carbonyl (C=O) groups excluding carboxylic acids is 1. The zero-order chi connectivity index (χ0) is 21.6. The molecule has 3 atom stereocenters. The Labute approximate surface area is 174 Å². The number of fused-ring (bicyclic) bond motifs is 2. The molecule has 4 heterocycles. The van der Waals surface area contributed by atoms with Crippen molar-refractivity contribution in [2.45, 2.75) is 31.1 Å². The number of hydrogen-bond acceptors (Lipinski definition) is 7. The third kappa shape index (κ3) is 3.57. The van der Waals surface area contributed by atoms with Crippen LogP contribution in [0.15, 0.2) is 43.1 Å². The first kappa shape index (κ1) is 19.4. The van der Waals surface area contributed by atoms with Crippen molar-refractivity contribution in [3.8, 4) is 5.82 Å². The predicted molar refractivity (Wildman–Crippen MR) is 101 cm³/mol. The molecule has 12 heteroatoms. The van der Waals surface area contributed by atoms with Crippen LogP contribution in [-0.2, 0) is 6.18 Å². The summed E-state index contributed by atoms with van der Waals surface area (Å²) < 4.78 is 38.1. The lowest BCUT2D eigenvalue weighted by Gasteiger charge is -2.34. The van der Waals surface area contributed by atoms with Crippen LogP contribution in [0.25, 0.3) is 5.82 Å². The first-order chi connectivity index (χ1) is 14.9. The molecule has 0 spiro atoms. The minimum atomic E-state index is -4.54. The molecule has 1 saturated carbocycles. The highest BCUT2D eigenvalue weighted by atomic mass is 19.4. The molecule has 31 heavy (non-hydrogen) atoms. The number of rotatable bonds is 4. The molecule has 0 unspecified atom stereocenters. The summed E-state index contributed by atoms with van der Waals surface area (Å²) in [4.78, 5) is 28.0. The molecular formula is C19H17F3N8O. The molecule has 1 aliphatic carbocycles. The monoisotopic (exact) mass is 430 g/mol. The van der Waals surface area contributed by atoms with Gasteiger partial charge >= 0.3 is 6.18 Å². The molecule has 2 fully saturated rings. The van der Waals surface area contributed by atoms with Crippen molar-refractivity contribution < 1.29 is 18.0 Å². The van der Waals surface area contributed by atoms with Crippen LogP contribution >= 0.6 is 0 Å². The molecule has 160 valence electrons. The Morgan fingerprint density at radius 2 is 1.87 bits per heavy atom. The van der Waals surface area contributed by atoms with Crippen molar-refractivity contribution in [2.24, 2.45) is 5.92 Å². The third-order valence-electron chi connectivity index (χ3n) is 5.64. The lowest BCUT2D eigenvalue weighted by molar-refractivity contribution is -0.141. The Kier molecular flexibility index (Phi) is 4.56. The van der Waals surface area contributed by atoms with Crippen LogP contribution in [0.1, 0.15) is 28.9 Å². The largest absolute Gasteiger partial charge is 0.434 e. The van der Waals surface area contributed by atoms with E-state index >= 15 is 0 Å². The highest BCUT2D eigenvalue weighted by Gasteiger charge is 2.47. The molecule has 5 rings (SSSR count). The van der Waals surface area contributed by atoms with Gasteiger partial charge in [-0.3, -0.25) is 4.79 Å². The van der Waals surface area contributed by atoms with Gasteiger partial charge in [-0.05, 0) is 30.9 Å². The summed E-state index contributed by atoms with van der Waals surface area (Å²) in [7, 11) is 0. The van der Waals surface area contributed by atoms with Gasteiger partial charge in [0.1, 0.15) is 5.82 Å². The first-order valence-corrected chi connectivity index (χ1v) is 9.68. The van der Waals surface area contributed by atoms with Crippen LogP contribution < -0.4 is 5.32 Å². The van der Waals surface area contributed by atoms with Gasteiger partial charge in [0.15, 0.2) is 11.5 Å². The van der Waals surface area contributed by atoms with Crippen LogP contribution in [0.4, 0.5) is 19.0 Å². The Balaban J connectivity index is 1.35. The van der Waals surface area contributed by atoms with Crippen LogP contribution in [-0.4, -0.2) is 59.4 Å². The zero-order valence-corrected chi connectivity index (χ0v) is 16.1. The smallest absolute Gasteiger partial charge is 0.364 e. The average Bonchev–Trinajstić information content (AvgIpc) is 3.50. The maximum absolute atomic E-state index is 13.3. The number of likely N-dealkylation sites (tertiary alicyclic amines) is 1. The van der Waals surface area contributed by atoms with Gasteiger partial charge in [0.2, 0.25) is 0 Å². The Hall–Kier alpha value is -3.57. The van der Waals surface area contributed by atoms with E-state index in [4.69, 9.17) is 0 Å². The molecule has 1 aliphatic heterocycles. The van der Waals surface area contributed by atoms with Gasteiger partial charge in [-0.15, -0.1) is 4.80 Å². The van der Waals surface area contributed by atoms with Gasteiger partial charge in [-0.1, -0.05) is 0 Å². The van der Waals surface area contributed by atoms with Crippen molar-refractivity contribution in [1.82, 2.24) is 34.8 Å². The molecule has 9 nitrogen and oxygen atoms in total. The van der Waals surface area contributed by atoms with E-state index in [-0.39, 0.29) is 23.8 Å². The van der Waals surface area contributed by atoms with Gasteiger partial charge in [-0.25, -0.2) is 15.0 Å². The summed E-state index contributed by atoms with van der Waals surface area (Å²) in [6.07, 6.45) is 3.44. The lowest BCUT2D eigenvalue weighted by atomic mass is 10.0. The molecule has 1 amide bonds. The van der Waals surface area contributed by atoms with Gasteiger partial charge in [-0.2, -0.15) is 23.4 Å². The number of nitrogens with zero attached hydrogens (tertiary/aromatic N) is 7. The Morgan fingerprint density at radius 3 is 2.55 bits per heavy atom. The van der Waals surface area contributed by atoms with Gasteiger partial charge in [0, 0.05) is 18.8 Å². The van der Waals surface area contributed by atoms with Crippen LogP contribution in [0, 0.1) is 5.92 Å². The van der Waals surface area contributed by atoms with Crippen LogP contribution in [0.2, 0.25) is 0 Å². The Bertz CT molecular complexity index is 1090. The fourth-order valence-corrected chi connectivity index (χ4v) is 4.36. The van der Waals surface area contributed by atoms with E-state index < -0.39 is 11.9 Å². The van der Waals surface area contributed by atoms with Crippen molar-refractivity contribution >= 4 is 11.7 Å². The summed E-state index contributed by atoms with van der Waals surface area (Å²) in [5.41, 5.74) is -0.654. The van der Waals surface area contributed by atoms with E-state index in [0.717, 1.165) is 19.0 Å². The number of aromatic nitrogens is 6. The second-order valence-corrected chi connectivity index (χ2v) is 7.59. The highest BCUT2D eigenvalue weighted by Crippen LogP contribution is 2.40. The summed E-state index contributed by atoms with van der Waals surface area (Å²) in [5, 5.41) is 11.3. The minimum absolute atomic E-state index is 0.111. The van der Waals surface area contributed by atoms with Crippen molar-refractivity contribution in [1.29, 1.82) is 0 Å². The fourth-order valence-electron chi connectivity index (χ4n) is 4.36. The highest BCUT2D eigenvalue weighted by molar-refractivity contribution is 5.97. The zero-order valence-electron chi connectivity index (χ0n) is 16.1. The number of pyridine rings is 1. The molecule has 2 aliphatic rings. The number of amides is 1. The summed E-state index contributed by atoms with van der Waals surface area (Å²) >= 11 is 0. The summed E-state index contributed by atoms with van der Waals surface area (Å²) in [6.45, 7) is 0.612. The van der Waals surface area contributed by atoms with Gasteiger partial charge < -0.3 is 10.2 Å². The molecule has 3 aromatic heterocycles. The lowest BCUT2D eigenvalue weighted by Crippen LogP contribution is -2.48. The number of nitrogens with one attached hydrogen (secondary N) is 1. The topological polar surface area (TPSA) is 102 Å². The normalized spacial score (nSPS) is 22.7. The second kappa shape index (κ2) is 7.29. The third-order valence-corrected chi connectivity index (χ3v) is 5.64. The molecule has 1 saturated heterocycles. The van der Waals surface area contributed by atoms with E-state index in [1.165, 1.54) is 17.2 Å². The predicted octanol–water partition coefficient (Wildman–Crippen LogP) is 2.19. The molecule has 0 aromatic carbocycles. The van der Waals surface area contributed by atoms with E-state index in [9.17, 15) is 18.0 Å². The second-order valence-electron chi connectivity index (χ2n) is 7.59. The Morgan fingerprint density at radius 1 is 1.06 bits per heavy atom. The maximum Gasteiger partial charge on any atom is 0.434 e. The quantitative estimate of drug-likeness (QED) is 0.677. The minimum Gasteiger partial charge on any atom is -0.364 e. The maximum atomic E-state index is 13.3. The molecule has 0 radical (unpaired) electrons. The van der Waals surface area contributed by atoms with Crippen LogP contribution in [0.5, 0.6) is 0 Å². The molecular weight excluding hydrogens is 413 g/mol. The fraction of sp³-hybridized carbons (Fsp3) is 0.368. The first-order valence-electron chi connectivity index (χ1n) is 9.68. The van der Waals surface area contributed by atoms with Crippen LogP contribution in [0.3, 0.4) is 0 Å². The molecule has 2 bridgehead atoms. The van der Waals surface area contributed by atoms with E-state index in [1.54, 1.807) is 23.2 Å². The molecule has 1 N–H and O–H groups in total. The molecule has 3 aromatic rings. The standard InChI is InChI=1S/C19H17F3N8O/c20-19(21,22)15-8-25-16(9-24-15)28-13-6-11-7-14(13)29(10-11)18(31)12-2-1-3-23-17(12)30-26-4-5-27-30/h1-5,8-9,11,13-14H,6-7,10H2,(H,25,28)/t11-,13+,14-/m0/s1. The number of piperidine rings is 1. The van der Waals surface area contributed by atoms with Crippen molar-refractivity contribution in [3.63, 3.8) is 0 Å². The number of halogens is 3. The van der Waals surface area contributed by atoms with Gasteiger partial charge in [0.05, 0.1) is 36.4 Å². The SMILES string of the molecule is O=C(c1cccnc1-n1nccn1)N1C[C@H]2C[C@@H](Nc3cnc(C(F)(F)F)cn3)[C@@H]1C2. The van der Waals surface area contributed by atoms with Crippen molar-refractivity contribution in [3.05, 3.63) is 54.4 Å².